The van der Waals surface area contributed by atoms with Gasteiger partial charge in [0, 0.05) is 30.7 Å². The van der Waals surface area contributed by atoms with Crippen molar-refractivity contribution in [2.45, 2.75) is 76.5 Å². The topological polar surface area (TPSA) is 18.5 Å². The molecule has 0 radical (unpaired) electrons. The van der Waals surface area contributed by atoms with Crippen LogP contribution in [0.5, 0.6) is 0 Å². The third-order valence-corrected chi connectivity index (χ3v) is 5.57. The lowest BCUT2D eigenvalue weighted by Crippen LogP contribution is -2.52. The second-order valence-corrected chi connectivity index (χ2v) is 7.06. The van der Waals surface area contributed by atoms with Crippen LogP contribution in [0.2, 0.25) is 0 Å². The molecule has 0 aromatic heterocycles. The number of piperidine rings is 2. The monoisotopic (exact) mass is 265 g/mol. The van der Waals surface area contributed by atoms with Crippen LogP contribution in [0, 0.1) is 0 Å². The van der Waals surface area contributed by atoms with Crippen molar-refractivity contribution < 1.29 is 0 Å². The molecule has 0 amide bonds. The predicted octanol–water partition coefficient (Wildman–Crippen LogP) is 2.08. The molecular weight excluding hydrogens is 234 g/mol. The molecule has 2 unspecified atom stereocenters. The summed E-state index contributed by atoms with van der Waals surface area (Å²) in [5.41, 5.74) is 0. The van der Waals surface area contributed by atoms with E-state index in [1.54, 1.807) is 0 Å². The maximum atomic E-state index is 4.01. The van der Waals surface area contributed by atoms with Crippen molar-refractivity contribution >= 4 is 0 Å². The van der Waals surface area contributed by atoms with Crippen molar-refractivity contribution in [3.05, 3.63) is 0 Å². The SMILES string of the molecule is CC(C)N1CCC(NC2CCN3CCCCC23)CC1. The molecule has 3 heteroatoms. The molecule has 3 nitrogen and oxygen atoms in total. The lowest BCUT2D eigenvalue weighted by atomic mass is 9.96. The van der Waals surface area contributed by atoms with Crippen LogP contribution in [0.3, 0.4) is 0 Å². The van der Waals surface area contributed by atoms with Crippen LogP contribution in [0.1, 0.15) is 52.4 Å². The molecule has 3 aliphatic rings. The molecular formula is C16H31N3. The smallest absolute Gasteiger partial charge is 0.0249 e. The molecule has 3 heterocycles. The molecule has 19 heavy (non-hydrogen) atoms. The number of nitrogens with one attached hydrogen (secondary N) is 1. The van der Waals surface area contributed by atoms with E-state index in [-0.39, 0.29) is 0 Å². The number of fused-ring (bicyclic) bond motifs is 1. The average molecular weight is 265 g/mol. The molecule has 0 saturated carbocycles. The second kappa shape index (κ2) is 6.11. The zero-order valence-corrected chi connectivity index (χ0v) is 12.8. The molecule has 0 bridgehead atoms. The quantitative estimate of drug-likeness (QED) is 0.843. The molecule has 0 aromatic rings. The number of likely N-dealkylation sites (tertiary alicyclic amines) is 1. The third-order valence-electron chi connectivity index (χ3n) is 5.57. The summed E-state index contributed by atoms with van der Waals surface area (Å²) in [6.07, 6.45) is 8.39. The Morgan fingerprint density at radius 3 is 2.42 bits per heavy atom. The van der Waals surface area contributed by atoms with Gasteiger partial charge in [0.25, 0.3) is 0 Å². The van der Waals surface area contributed by atoms with Crippen LogP contribution >= 0.6 is 0 Å². The molecule has 0 aromatic carbocycles. The highest BCUT2D eigenvalue weighted by Gasteiger charge is 2.36. The molecule has 1 N–H and O–H groups in total. The van der Waals surface area contributed by atoms with Gasteiger partial charge in [-0.05, 0) is 65.6 Å². The summed E-state index contributed by atoms with van der Waals surface area (Å²) in [5.74, 6) is 0. The minimum atomic E-state index is 0.723. The van der Waals surface area contributed by atoms with Gasteiger partial charge in [0.1, 0.15) is 0 Å². The van der Waals surface area contributed by atoms with E-state index in [0.717, 1.165) is 24.2 Å². The van der Waals surface area contributed by atoms with Crippen LogP contribution in [0.15, 0.2) is 0 Å². The molecule has 0 spiro atoms. The van der Waals surface area contributed by atoms with Gasteiger partial charge < -0.3 is 10.2 Å². The van der Waals surface area contributed by atoms with Crippen LogP contribution in [0.4, 0.5) is 0 Å². The van der Waals surface area contributed by atoms with E-state index in [1.807, 2.05) is 0 Å². The lowest BCUT2D eigenvalue weighted by Gasteiger charge is -2.38. The van der Waals surface area contributed by atoms with Crippen molar-refractivity contribution in [2.24, 2.45) is 0 Å². The summed E-state index contributed by atoms with van der Waals surface area (Å²) < 4.78 is 0. The van der Waals surface area contributed by atoms with Gasteiger partial charge in [-0.3, -0.25) is 4.90 Å². The summed E-state index contributed by atoms with van der Waals surface area (Å²) in [6.45, 7) is 9.92. The Morgan fingerprint density at radius 2 is 1.68 bits per heavy atom. The van der Waals surface area contributed by atoms with Crippen molar-refractivity contribution in [2.75, 3.05) is 26.2 Å². The fraction of sp³-hybridized carbons (Fsp3) is 1.00. The van der Waals surface area contributed by atoms with Crippen molar-refractivity contribution in [1.82, 2.24) is 15.1 Å². The molecule has 3 rings (SSSR count). The number of rotatable bonds is 3. The number of hydrogen-bond donors (Lipinski definition) is 1. The Labute approximate surface area is 118 Å². The Kier molecular flexibility index (Phi) is 4.45. The minimum absolute atomic E-state index is 0.723. The lowest BCUT2D eigenvalue weighted by molar-refractivity contribution is 0.141. The standard InChI is InChI=1S/C16H31N3/c1-13(2)18-10-6-14(7-11-18)17-15-8-12-19-9-4-3-5-16(15)19/h13-17H,3-12H2,1-2H3. The number of nitrogens with zero attached hydrogens (tertiary/aromatic N) is 2. The Bertz CT molecular complexity index is 284. The molecule has 110 valence electrons. The average Bonchev–Trinajstić information content (AvgIpc) is 2.83. The molecule has 3 fully saturated rings. The van der Waals surface area contributed by atoms with Gasteiger partial charge in [0.15, 0.2) is 0 Å². The van der Waals surface area contributed by atoms with E-state index in [9.17, 15) is 0 Å². The summed E-state index contributed by atoms with van der Waals surface area (Å²) >= 11 is 0. The minimum Gasteiger partial charge on any atom is -0.310 e. The highest BCUT2D eigenvalue weighted by molar-refractivity contribution is 4.96. The van der Waals surface area contributed by atoms with Gasteiger partial charge >= 0.3 is 0 Å². The first kappa shape index (κ1) is 13.8. The zero-order valence-electron chi connectivity index (χ0n) is 12.8. The zero-order chi connectivity index (χ0) is 13.2. The first-order valence-corrected chi connectivity index (χ1v) is 8.48. The van der Waals surface area contributed by atoms with Gasteiger partial charge in [0.2, 0.25) is 0 Å². The van der Waals surface area contributed by atoms with E-state index in [4.69, 9.17) is 0 Å². The van der Waals surface area contributed by atoms with Crippen LogP contribution in [-0.2, 0) is 0 Å². The summed E-state index contributed by atoms with van der Waals surface area (Å²) in [6, 6.07) is 3.15. The van der Waals surface area contributed by atoms with Crippen molar-refractivity contribution in [3.63, 3.8) is 0 Å². The largest absolute Gasteiger partial charge is 0.310 e. The first-order valence-electron chi connectivity index (χ1n) is 8.48. The highest BCUT2D eigenvalue weighted by Crippen LogP contribution is 2.28. The molecule has 3 saturated heterocycles. The van der Waals surface area contributed by atoms with Gasteiger partial charge in [-0.1, -0.05) is 6.42 Å². The van der Waals surface area contributed by atoms with Gasteiger partial charge in [-0.15, -0.1) is 0 Å². The third kappa shape index (κ3) is 3.14. The predicted molar refractivity (Wildman–Crippen MR) is 80.5 cm³/mol. The van der Waals surface area contributed by atoms with E-state index in [0.29, 0.717) is 0 Å². The Hall–Kier alpha value is -0.120. The molecule has 2 atom stereocenters. The summed E-state index contributed by atoms with van der Waals surface area (Å²) in [7, 11) is 0. The van der Waals surface area contributed by atoms with E-state index < -0.39 is 0 Å². The maximum absolute atomic E-state index is 4.01. The molecule has 0 aliphatic carbocycles. The fourth-order valence-corrected chi connectivity index (χ4v) is 4.33. The van der Waals surface area contributed by atoms with Gasteiger partial charge in [-0.2, -0.15) is 0 Å². The molecule has 3 aliphatic heterocycles. The van der Waals surface area contributed by atoms with E-state index >= 15 is 0 Å². The normalized spacial score (nSPS) is 34.9. The second-order valence-electron chi connectivity index (χ2n) is 7.06. The Balaban J connectivity index is 1.47. The van der Waals surface area contributed by atoms with Crippen LogP contribution < -0.4 is 5.32 Å². The van der Waals surface area contributed by atoms with Crippen LogP contribution in [-0.4, -0.2) is 60.1 Å². The Morgan fingerprint density at radius 1 is 0.895 bits per heavy atom. The first-order chi connectivity index (χ1) is 9.24. The summed E-state index contributed by atoms with van der Waals surface area (Å²) in [5, 5.41) is 4.01. The fourth-order valence-electron chi connectivity index (χ4n) is 4.33. The summed E-state index contributed by atoms with van der Waals surface area (Å²) in [4.78, 5) is 5.37. The van der Waals surface area contributed by atoms with Crippen molar-refractivity contribution in [1.29, 1.82) is 0 Å². The van der Waals surface area contributed by atoms with E-state index in [2.05, 4.69) is 29.0 Å². The van der Waals surface area contributed by atoms with Crippen LogP contribution in [0.25, 0.3) is 0 Å². The van der Waals surface area contributed by atoms with Gasteiger partial charge in [0.05, 0.1) is 0 Å². The highest BCUT2D eigenvalue weighted by atomic mass is 15.2. The number of hydrogen-bond acceptors (Lipinski definition) is 3. The maximum Gasteiger partial charge on any atom is 0.0249 e. The van der Waals surface area contributed by atoms with Gasteiger partial charge in [-0.25, -0.2) is 0 Å². The van der Waals surface area contributed by atoms with Crippen molar-refractivity contribution in [3.8, 4) is 0 Å². The van der Waals surface area contributed by atoms with E-state index in [1.165, 1.54) is 64.7 Å².